The molecule has 1 aliphatic rings. The van der Waals surface area contributed by atoms with E-state index in [1.165, 1.54) is 12.8 Å². The third-order valence-electron chi connectivity index (χ3n) is 2.48. The third kappa shape index (κ3) is 2.82. The van der Waals surface area contributed by atoms with Crippen molar-refractivity contribution in [2.75, 3.05) is 30.9 Å². The summed E-state index contributed by atoms with van der Waals surface area (Å²) < 4.78 is 5.81. The first-order valence-corrected chi connectivity index (χ1v) is 6.05. The summed E-state index contributed by atoms with van der Waals surface area (Å²) in [7, 11) is 1.70. The van der Waals surface area contributed by atoms with Crippen molar-refractivity contribution >= 4 is 27.7 Å². The zero-order valence-corrected chi connectivity index (χ0v) is 10.8. The molecule has 0 saturated heterocycles. The van der Waals surface area contributed by atoms with Gasteiger partial charge in [-0.2, -0.15) is 4.98 Å². The molecule has 1 aromatic heterocycles. The molecule has 0 amide bonds. The molecule has 0 radical (unpaired) electrons. The lowest BCUT2D eigenvalue weighted by atomic mass is 10.5. The number of nitrogen functional groups attached to an aromatic ring is 1. The summed E-state index contributed by atoms with van der Waals surface area (Å²) in [5, 5.41) is 0. The summed E-state index contributed by atoms with van der Waals surface area (Å²) >= 11 is 3.33. The quantitative estimate of drug-likeness (QED) is 0.830. The van der Waals surface area contributed by atoms with Gasteiger partial charge in [-0.25, -0.2) is 4.98 Å². The summed E-state index contributed by atoms with van der Waals surface area (Å²) in [5.41, 5.74) is 5.71. The van der Waals surface area contributed by atoms with Gasteiger partial charge in [0.05, 0.1) is 6.61 Å². The molecule has 0 atom stereocenters. The molecule has 6 heteroatoms. The van der Waals surface area contributed by atoms with Gasteiger partial charge in [-0.1, -0.05) is 0 Å². The molecule has 1 aliphatic carbocycles. The third-order valence-corrected chi connectivity index (χ3v) is 2.89. The van der Waals surface area contributed by atoms with Crippen LogP contribution in [0.15, 0.2) is 10.7 Å². The minimum absolute atomic E-state index is 0.486. The van der Waals surface area contributed by atoms with Crippen molar-refractivity contribution < 1.29 is 4.74 Å². The molecule has 1 saturated carbocycles. The molecule has 2 rings (SSSR count). The van der Waals surface area contributed by atoms with Crippen LogP contribution in [0, 0.1) is 0 Å². The molecular formula is C10H15BrN4O. The first kappa shape index (κ1) is 11.6. The van der Waals surface area contributed by atoms with Crippen LogP contribution in [-0.2, 0) is 4.74 Å². The second kappa shape index (κ2) is 4.97. The standard InChI is InChI=1S/C10H15BrN4O/c1-16-5-4-15(7-2-3-7)10-13-8(11)6-9(12)14-10/h6-7H,2-5H2,1H3,(H2,12,13,14). The Morgan fingerprint density at radius 3 is 2.88 bits per heavy atom. The van der Waals surface area contributed by atoms with E-state index in [1.807, 2.05) is 0 Å². The number of hydrogen-bond donors (Lipinski definition) is 1. The van der Waals surface area contributed by atoms with Gasteiger partial charge in [0, 0.05) is 25.8 Å². The van der Waals surface area contributed by atoms with Gasteiger partial charge in [0.15, 0.2) is 0 Å². The maximum atomic E-state index is 5.71. The lowest BCUT2D eigenvalue weighted by Crippen LogP contribution is -2.31. The maximum absolute atomic E-state index is 5.71. The normalized spacial score (nSPS) is 15.1. The number of nitrogens with zero attached hydrogens (tertiary/aromatic N) is 3. The zero-order valence-electron chi connectivity index (χ0n) is 9.19. The molecule has 5 nitrogen and oxygen atoms in total. The molecule has 16 heavy (non-hydrogen) atoms. The number of aromatic nitrogens is 2. The Hall–Kier alpha value is -0.880. The Morgan fingerprint density at radius 1 is 1.56 bits per heavy atom. The molecular weight excluding hydrogens is 272 g/mol. The van der Waals surface area contributed by atoms with Gasteiger partial charge in [-0.3, -0.25) is 0 Å². The molecule has 0 aliphatic heterocycles. The lowest BCUT2D eigenvalue weighted by Gasteiger charge is -2.22. The highest BCUT2D eigenvalue weighted by Crippen LogP contribution is 2.30. The number of methoxy groups -OCH3 is 1. The van der Waals surface area contributed by atoms with Crippen molar-refractivity contribution in [3.63, 3.8) is 0 Å². The molecule has 1 fully saturated rings. The van der Waals surface area contributed by atoms with Crippen LogP contribution in [-0.4, -0.2) is 36.3 Å². The van der Waals surface area contributed by atoms with Gasteiger partial charge in [0.25, 0.3) is 0 Å². The molecule has 88 valence electrons. The fourth-order valence-electron chi connectivity index (χ4n) is 1.57. The van der Waals surface area contributed by atoms with Gasteiger partial charge in [0.1, 0.15) is 10.4 Å². The zero-order chi connectivity index (χ0) is 11.5. The van der Waals surface area contributed by atoms with Crippen LogP contribution in [0.2, 0.25) is 0 Å². The first-order chi connectivity index (χ1) is 7.70. The molecule has 0 unspecified atom stereocenters. The maximum Gasteiger partial charge on any atom is 0.228 e. The van der Waals surface area contributed by atoms with Crippen LogP contribution >= 0.6 is 15.9 Å². The average Bonchev–Trinajstić information content (AvgIpc) is 3.01. The van der Waals surface area contributed by atoms with Gasteiger partial charge in [-0.15, -0.1) is 0 Å². The number of nitrogens with two attached hydrogens (primary N) is 1. The monoisotopic (exact) mass is 286 g/mol. The predicted octanol–water partition coefficient (Wildman–Crippen LogP) is 1.44. The van der Waals surface area contributed by atoms with Crippen LogP contribution in [0.25, 0.3) is 0 Å². The second-order valence-corrected chi connectivity index (χ2v) is 4.65. The highest BCUT2D eigenvalue weighted by molar-refractivity contribution is 9.10. The van der Waals surface area contributed by atoms with E-state index in [2.05, 4.69) is 30.8 Å². The van der Waals surface area contributed by atoms with Crippen molar-refractivity contribution in [1.82, 2.24) is 9.97 Å². The minimum atomic E-state index is 0.486. The van der Waals surface area contributed by atoms with E-state index in [0.717, 1.165) is 11.1 Å². The highest BCUT2D eigenvalue weighted by Gasteiger charge is 2.30. The van der Waals surface area contributed by atoms with E-state index in [4.69, 9.17) is 10.5 Å². The van der Waals surface area contributed by atoms with Crippen molar-refractivity contribution in [3.05, 3.63) is 10.7 Å². The molecule has 1 heterocycles. The Balaban J connectivity index is 2.16. The van der Waals surface area contributed by atoms with Crippen molar-refractivity contribution in [3.8, 4) is 0 Å². The second-order valence-electron chi connectivity index (χ2n) is 3.83. The fourth-order valence-corrected chi connectivity index (χ4v) is 1.97. The Kier molecular flexibility index (Phi) is 3.60. The van der Waals surface area contributed by atoms with E-state index >= 15 is 0 Å². The van der Waals surface area contributed by atoms with Gasteiger partial charge < -0.3 is 15.4 Å². The smallest absolute Gasteiger partial charge is 0.228 e. The number of halogens is 1. The SMILES string of the molecule is COCCN(c1nc(N)cc(Br)n1)C1CC1. The summed E-state index contributed by atoms with van der Waals surface area (Å²) in [6.07, 6.45) is 2.39. The van der Waals surface area contributed by atoms with Gasteiger partial charge in [-0.05, 0) is 28.8 Å². The molecule has 2 N–H and O–H groups in total. The molecule has 0 aromatic carbocycles. The first-order valence-electron chi connectivity index (χ1n) is 5.26. The van der Waals surface area contributed by atoms with Crippen molar-refractivity contribution in [2.45, 2.75) is 18.9 Å². The van der Waals surface area contributed by atoms with E-state index < -0.39 is 0 Å². The topological polar surface area (TPSA) is 64.3 Å². The number of rotatable bonds is 5. The van der Waals surface area contributed by atoms with E-state index in [1.54, 1.807) is 13.2 Å². The lowest BCUT2D eigenvalue weighted by molar-refractivity contribution is 0.204. The van der Waals surface area contributed by atoms with Crippen molar-refractivity contribution in [2.24, 2.45) is 0 Å². The van der Waals surface area contributed by atoms with Crippen LogP contribution in [0.4, 0.5) is 11.8 Å². The summed E-state index contributed by atoms with van der Waals surface area (Å²) in [4.78, 5) is 10.8. The van der Waals surface area contributed by atoms with E-state index in [0.29, 0.717) is 24.4 Å². The Labute approximate surface area is 103 Å². The van der Waals surface area contributed by atoms with E-state index in [-0.39, 0.29) is 0 Å². The predicted molar refractivity (Wildman–Crippen MR) is 66.4 cm³/mol. The minimum Gasteiger partial charge on any atom is -0.383 e. The highest BCUT2D eigenvalue weighted by atomic mass is 79.9. The molecule has 1 aromatic rings. The Bertz CT molecular complexity index is 350. The summed E-state index contributed by atoms with van der Waals surface area (Å²) in [6.45, 7) is 1.48. The van der Waals surface area contributed by atoms with Gasteiger partial charge >= 0.3 is 0 Å². The number of anilines is 2. The van der Waals surface area contributed by atoms with Crippen LogP contribution in [0.5, 0.6) is 0 Å². The van der Waals surface area contributed by atoms with E-state index in [9.17, 15) is 0 Å². The number of hydrogen-bond acceptors (Lipinski definition) is 5. The van der Waals surface area contributed by atoms with Crippen molar-refractivity contribution in [1.29, 1.82) is 0 Å². The van der Waals surface area contributed by atoms with Gasteiger partial charge in [0.2, 0.25) is 5.95 Å². The van der Waals surface area contributed by atoms with Crippen LogP contribution in [0.1, 0.15) is 12.8 Å². The molecule has 0 spiro atoms. The van der Waals surface area contributed by atoms with Crippen LogP contribution < -0.4 is 10.6 Å². The largest absolute Gasteiger partial charge is 0.383 e. The summed E-state index contributed by atoms with van der Waals surface area (Å²) in [6, 6.07) is 2.24. The summed E-state index contributed by atoms with van der Waals surface area (Å²) in [5.74, 6) is 1.17. The fraction of sp³-hybridized carbons (Fsp3) is 0.600. The average molecular weight is 287 g/mol. The Morgan fingerprint density at radius 2 is 2.31 bits per heavy atom. The molecule has 0 bridgehead atoms. The van der Waals surface area contributed by atoms with Crippen LogP contribution in [0.3, 0.4) is 0 Å². The number of ether oxygens (including phenoxy) is 1.